The van der Waals surface area contributed by atoms with Gasteiger partial charge in [-0.2, -0.15) is 0 Å². The summed E-state index contributed by atoms with van der Waals surface area (Å²) in [5.74, 6) is 0.757. The maximum Gasteiger partial charge on any atom is 0.303 e. The Labute approximate surface area is 94.9 Å². The first-order valence-corrected chi connectivity index (χ1v) is 5.50. The standard InChI is InChI=1S/C11H18N2O3/c1-3-9-6-13-10(16-9)7-12-8(2)4-5-11(14)15/h6,8,12H,3-5,7H2,1-2H3,(H,14,15). The molecule has 1 aromatic rings. The Hall–Kier alpha value is -1.36. The van der Waals surface area contributed by atoms with Crippen LogP contribution in [-0.2, 0) is 17.8 Å². The molecule has 0 bridgehead atoms. The minimum Gasteiger partial charge on any atom is -0.481 e. The fourth-order valence-corrected chi connectivity index (χ4v) is 1.30. The molecule has 2 N–H and O–H groups in total. The van der Waals surface area contributed by atoms with E-state index in [-0.39, 0.29) is 12.5 Å². The van der Waals surface area contributed by atoms with Crippen LogP contribution in [0.25, 0.3) is 0 Å². The summed E-state index contributed by atoms with van der Waals surface area (Å²) in [5, 5.41) is 11.7. The molecule has 0 aliphatic rings. The van der Waals surface area contributed by atoms with Crippen molar-refractivity contribution in [2.24, 2.45) is 0 Å². The molecule has 0 spiro atoms. The third-order valence-electron chi connectivity index (χ3n) is 2.34. The summed E-state index contributed by atoms with van der Waals surface area (Å²) in [7, 11) is 0. The second kappa shape index (κ2) is 6.27. The molecule has 1 rings (SSSR count). The van der Waals surface area contributed by atoms with Crippen molar-refractivity contribution >= 4 is 5.97 Å². The molecule has 90 valence electrons. The number of oxazole rings is 1. The van der Waals surface area contributed by atoms with Gasteiger partial charge in [0.2, 0.25) is 5.89 Å². The first kappa shape index (κ1) is 12.7. The fourth-order valence-electron chi connectivity index (χ4n) is 1.30. The van der Waals surface area contributed by atoms with E-state index in [0.29, 0.717) is 18.9 Å². The predicted octanol–water partition coefficient (Wildman–Crippen LogP) is 1.58. The van der Waals surface area contributed by atoms with E-state index in [9.17, 15) is 4.79 Å². The number of aryl methyl sites for hydroxylation is 1. The van der Waals surface area contributed by atoms with E-state index in [1.807, 2.05) is 13.8 Å². The molecule has 1 heterocycles. The molecule has 0 saturated heterocycles. The molecular weight excluding hydrogens is 208 g/mol. The van der Waals surface area contributed by atoms with Crippen molar-refractivity contribution in [3.8, 4) is 0 Å². The molecule has 0 fully saturated rings. The van der Waals surface area contributed by atoms with Crippen LogP contribution in [0.1, 0.15) is 38.3 Å². The molecular formula is C11H18N2O3. The summed E-state index contributed by atoms with van der Waals surface area (Å²) < 4.78 is 5.42. The molecule has 0 radical (unpaired) electrons. The van der Waals surface area contributed by atoms with E-state index < -0.39 is 5.97 Å². The molecule has 16 heavy (non-hydrogen) atoms. The summed E-state index contributed by atoms with van der Waals surface area (Å²) >= 11 is 0. The third-order valence-corrected chi connectivity index (χ3v) is 2.34. The van der Waals surface area contributed by atoms with Crippen LogP contribution in [-0.4, -0.2) is 22.1 Å². The molecule has 0 saturated carbocycles. The average Bonchev–Trinajstić information content (AvgIpc) is 2.71. The quantitative estimate of drug-likeness (QED) is 0.738. The molecule has 5 nitrogen and oxygen atoms in total. The van der Waals surface area contributed by atoms with Crippen LogP contribution in [0.2, 0.25) is 0 Å². The molecule has 0 aliphatic carbocycles. The number of carboxylic acids is 1. The fraction of sp³-hybridized carbons (Fsp3) is 0.636. The second-order valence-corrected chi connectivity index (χ2v) is 3.79. The Morgan fingerprint density at radius 3 is 3.00 bits per heavy atom. The van der Waals surface area contributed by atoms with Crippen LogP contribution in [0.4, 0.5) is 0 Å². The van der Waals surface area contributed by atoms with Crippen molar-refractivity contribution in [2.75, 3.05) is 0 Å². The van der Waals surface area contributed by atoms with Crippen LogP contribution in [0, 0.1) is 0 Å². The highest BCUT2D eigenvalue weighted by atomic mass is 16.4. The monoisotopic (exact) mass is 226 g/mol. The second-order valence-electron chi connectivity index (χ2n) is 3.79. The number of nitrogens with one attached hydrogen (secondary N) is 1. The van der Waals surface area contributed by atoms with Gasteiger partial charge in [0.15, 0.2) is 0 Å². The molecule has 0 amide bonds. The highest BCUT2D eigenvalue weighted by molar-refractivity contribution is 5.66. The van der Waals surface area contributed by atoms with Crippen molar-refractivity contribution in [2.45, 2.75) is 45.7 Å². The zero-order valence-electron chi connectivity index (χ0n) is 9.69. The van der Waals surface area contributed by atoms with Crippen LogP contribution < -0.4 is 5.32 Å². The molecule has 1 atom stereocenters. The van der Waals surface area contributed by atoms with E-state index in [1.54, 1.807) is 6.20 Å². The van der Waals surface area contributed by atoms with E-state index in [1.165, 1.54) is 0 Å². The predicted molar refractivity (Wildman–Crippen MR) is 59.1 cm³/mol. The van der Waals surface area contributed by atoms with Crippen molar-refractivity contribution in [3.63, 3.8) is 0 Å². The Morgan fingerprint density at radius 2 is 2.44 bits per heavy atom. The van der Waals surface area contributed by atoms with Gasteiger partial charge in [-0.05, 0) is 13.3 Å². The Bertz CT molecular complexity index is 336. The van der Waals surface area contributed by atoms with Crippen LogP contribution in [0.15, 0.2) is 10.6 Å². The van der Waals surface area contributed by atoms with Gasteiger partial charge in [-0.15, -0.1) is 0 Å². The number of nitrogens with zero attached hydrogens (tertiary/aromatic N) is 1. The lowest BCUT2D eigenvalue weighted by Gasteiger charge is -2.10. The number of rotatable bonds is 7. The number of hydrogen-bond acceptors (Lipinski definition) is 4. The van der Waals surface area contributed by atoms with Gasteiger partial charge in [-0.3, -0.25) is 4.79 Å². The van der Waals surface area contributed by atoms with Crippen molar-refractivity contribution in [1.82, 2.24) is 10.3 Å². The minimum atomic E-state index is -0.766. The third kappa shape index (κ3) is 4.44. The lowest BCUT2D eigenvalue weighted by atomic mass is 10.2. The average molecular weight is 226 g/mol. The number of aromatic nitrogens is 1. The lowest BCUT2D eigenvalue weighted by Crippen LogP contribution is -2.26. The van der Waals surface area contributed by atoms with Gasteiger partial charge in [-0.1, -0.05) is 6.92 Å². The highest BCUT2D eigenvalue weighted by Crippen LogP contribution is 2.05. The summed E-state index contributed by atoms with van der Waals surface area (Å²) in [6.07, 6.45) is 3.34. The first-order valence-electron chi connectivity index (χ1n) is 5.50. The largest absolute Gasteiger partial charge is 0.481 e. The maximum absolute atomic E-state index is 10.4. The Balaban J connectivity index is 2.25. The van der Waals surface area contributed by atoms with Gasteiger partial charge in [0.1, 0.15) is 5.76 Å². The topological polar surface area (TPSA) is 75.4 Å². The summed E-state index contributed by atoms with van der Waals surface area (Å²) in [4.78, 5) is 14.5. The number of carboxylic acid groups (broad SMARTS) is 1. The first-order chi connectivity index (χ1) is 7.61. The number of aliphatic carboxylic acids is 1. The van der Waals surface area contributed by atoms with Gasteiger partial charge in [0.05, 0.1) is 12.7 Å². The summed E-state index contributed by atoms with van der Waals surface area (Å²) in [5.41, 5.74) is 0. The summed E-state index contributed by atoms with van der Waals surface area (Å²) in [6, 6.07) is 0.146. The van der Waals surface area contributed by atoms with Gasteiger partial charge in [-0.25, -0.2) is 4.98 Å². The van der Waals surface area contributed by atoms with Crippen molar-refractivity contribution in [3.05, 3.63) is 17.8 Å². The number of carbonyl (C=O) groups is 1. The zero-order chi connectivity index (χ0) is 12.0. The normalized spacial score (nSPS) is 12.6. The smallest absolute Gasteiger partial charge is 0.303 e. The lowest BCUT2D eigenvalue weighted by molar-refractivity contribution is -0.137. The molecule has 1 aromatic heterocycles. The Morgan fingerprint density at radius 1 is 1.69 bits per heavy atom. The van der Waals surface area contributed by atoms with Gasteiger partial charge >= 0.3 is 5.97 Å². The maximum atomic E-state index is 10.4. The van der Waals surface area contributed by atoms with E-state index in [2.05, 4.69) is 10.3 Å². The minimum absolute atomic E-state index is 0.146. The van der Waals surface area contributed by atoms with Crippen LogP contribution in [0.5, 0.6) is 0 Å². The number of hydrogen-bond donors (Lipinski definition) is 2. The molecule has 1 unspecified atom stereocenters. The SMILES string of the molecule is CCc1cnc(CNC(C)CCC(=O)O)o1. The van der Waals surface area contributed by atoms with E-state index in [4.69, 9.17) is 9.52 Å². The van der Waals surface area contributed by atoms with Crippen molar-refractivity contribution in [1.29, 1.82) is 0 Å². The van der Waals surface area contributed by atoms with Gasteiger partial charge in [0.25, 0.3) is 0 Å². The van der Waals surface area contributed by atoms with Gasteiger partial charge < -0.3 is 14.8 Å². The van der Waals surface area contributed by atoms with E-state index in [0.717, 1.165) is 12.2 Å². The van der Waals surface area contributed by atoms with Gasteiger partial charge in [0, 0.05) is 18.9 Å². The van der Waals surface area contributed by atoms with Crippen LogP contribution in [0.3, 0.4) is 0 Å². The van der Waals surface area contributed by atoms with Crippen LogP contribution >= 0.6 is 0 Å². The summed E-state index contributed by atoms with van der Waals surface area (Å²) in [6.45, 7) is 4.50. The highest BCUT2D eigenvalue weighted by Gasteiger charge is 2.07. The molecule has 5 heteroatoms. The van der Waals surface area contributed by atoms with E-state index >= 15 is 0 Å². The molecule has 0 aliphatic heterocycles. The van der Waals surface area contributed by atoms with Crippen molar-refractivity contribution < 1.29 is 14.3 Å². The Kier molecular flexibility index (Phi) is 4.98. The zero-order valence-corrected chi connectivity index (χ0v) is 9.69. The molecule has 0 aromatic carbocycles.